The van der Waals surface area contributed by atoms with Gasteiger partial charge in [-0.3, -0.25) is 9.10 Å². The maximum Gasteiger partial charge on any atom is 0.253 e. The number of carbonyl (C=O) groups excluding carboxylic acids is 1. The Kier molecular flexibility index (Phi) is 5.93. The second-order valence-corrected chi connectivity index (χ2v) is 8.93. The van der Waals surface area contributed by atoms with E-state index in [0.29, 0.717) is 30.9 Å². The molecule has 0 radical (unpaired) electrons. The average Bonchev–Trinajstić information content (AvgIpc) is 2.67. The zero-order valence-electron chi connectivity index (χ0n) is 16.5. The summed E-state index contributed by atoms with van der Waals surface area (Å²) in [5.74, 6) is 0.721. The first-order valence-corrected chi connectivity index (χ1v) is 11.2. The molecular formula is C21H26N2O4S. The van der Waals surface area contributed by atoms with Crippen LogP contribution < -0.4 is 9.04 Å². The Morgan fingerprint density at radius 2 is 1.89 bits per heavy atom. The van der Waals surface area contributed by atoms with Gasteiger partial charge >= 0.3 is 0 Å². The van der Waals surface area contributed by atoms with E-state index < -0.39 is 10.0 Å². The maximum absolute atomic E-state index is 12.9. The number of amides is 1. The number of carbonyl (C=O) groups is 1. The first-order valence-electron chi connectivity index (χ1n) is 9.37. The van der Waals surface area contributed by atoms with Crippen molar-refractivity contribution in [3.05, 3.63) is 59.2 Å². The summed E-state index contributed by atoms with van der Waals surface area (Å²) in [6.45, 7) is 3.52. The van der Waals surface area contributed by atoms with Crippen molar-refractivity contribution >= 4 is 21.6 Å². The predicted molar refractivity (Wildman–Crippen MR) is 110 cm³/mol. The van der Waals surface area contributed by atoms with E-state index in [1.807, 2.05) is 37.3 Å². The van der Waals surface area contributed by atoms with Gasteiger partial charge in [-0.1, -0.05) is 12.1 Å². The number of benzene rings is 2. The molecule has 7 heteroatoms. The lowest BCUT2D eigenvalue weighted by atomic mass is 10.00. The summed E-state index contributed by atoms with van der Waals surface area (Å²) in [5, 5.41) is 0. The third kappa shape index (κ3) is 4.47. The zero-order valence-corrected chi connectivity index (χ0v) is 17.3. The van der Waals surface area contributed by atoms with Gasteiger partial charge in [0.2, 0.25) is 10.0 Å². The van der Waals surface area contributed by atoms with E-state index in [4.69, 9.17) is 4.74 Å². The molecule has 1 aliphatic heterocycles. The first-order chi connectivity index (χ1) is 13.3. The van der Waals surface area contributed by atoms with Crippen LogP contribution in [-0.2, 0) is 23.0 Å². The molecule has 0 bridgehead atoms. The molecule has 0 spiro atoms. The second kappa shape index (κ2) is 8.22. The number of aryl methyl sites for hydroxylation is 1. The van der Waals surface area contributed by atoms with Crippen molar-refractivity contribution < 1.29 is 17.9 Å². The molecule has 6 nitrogen and oxygen atoms in total. The number of hydrogen-bond donors (Lipinski definition) is 0. The number of rotatable bonds is 6. The summed E-state index contributed by atoms with van der Waals surface area (Å²) in [5.41, 5.74) is 3.17. The summed E-state index contributed by atoms with van der Waals surface area (Å²) in [6, 6.07) is 13.0. The number of fused-ring (bicyclic) bond motifs is 1. The number of ether oxygens (including phenoxy) is 1. The van der Waals surface area contributed by atoms with Gasteiger partial charge in [0.1, 0.15) is 5.75 Å². The largest absolute Gasteiger partial charge is 0.494 e. The quantitative estimate of drug-likeness (QED) is 0.745. The lowest BCUT2D eigenvalue weighted by Crippen LogP contribution is -2.35. The molecule has 0 N–H and O–H groups in total. The van der Waals surface area contributed by atoms with E-state index in [2.05, 4.69) is 0 Å². The molecule has 0 saturated carbocycles. The predicted octanol–water partition coefficient (Wildman–Crippen LogP) is 3.07. The lowest BCUT2D eigenvalue weighted by Gasteiger charge is -2.29. The molecule has 0 unspecified atom stereocenters. The Bertz CT molecular complexity index is 955. The molecule has 3 rings (SSSR count). The van der Waals surface area contributed by atoms with Crippen LogP contribution in [0.2, 0.25) is 0 Å². The fourth-order valence-corrected chi connectivity index (χ4v) is 4.46. The summed E-state index contributed by atoms with van der Waals surface area (Å²) >= 11 is 0. The van der Waals surface area contributed by atoms with Crippen LogP contribution >= 0.6 is 0 Å². The topological polar surface area (TPSA) is 66.9 Å². The van der Waals surface area contributed by atoms with Gasteiger partial charge < -0.3 is 9.64 Å². The highest BCUT2D eigenvalue weighted by molar-refractivity contribution is 7.92. The highest BCUT2D eigenvalue weighted by Crippen LogP contribution is 2.30. The van der Waals surface area contributed by atoms with Crippen molar-refractivity contribution in [3.63, 3.8) is 0 Å². The van der Waals surface area contributed by atoms with E-state index in [-0.39, 0.29) is 5.91 Å². The van der Waals surface area contributed by atoms with Gasteiger partial charge in [-0.05, 0) is 61.2 Å². The number of hydrogen-bond acceptors (Lipinski definition) is 4. The van der Waals surface area contributed by atoms with Gasteiger partial charge in [0, 0.05) is 25.7 Å². The molecule has 0 aliphatic carbocycles. The monoisotopic (exact) mass is 402 g/mol. The molecule has 1 amide bonds. The van der Waals surface area contributed by atoms with Crippen molar-refractivity contribution in [2.45, 2.75) is 26.3 Å². The van der Waals surface area contributed by atoms with Gasteiger partial charge in [0.25, 0.3) is 5.91 Å². The van der Waals surface area contributed by atoms with Gasteiger partial charge in [0.05, 0.1) is 18.6 Å². The van der Waals surface area contributed by atoms with Crippen molar-refractivity contribution in [1.29, 1.82) is 0 Å². The van der Waals surface area contributed by atoms with Crippen LogP contribution in [0.3, 0.4) is 0 Å². The van der Waals surface area contributed by atoms with Gasteiger partial charge in [-0.15, -0.1) is 0 Å². The molecule has 2 aromatic carbocycles. The Labute approximate surface area is 166 Å². The third-order valence-corrected chi connectivity index (χ3v) is 5.98. The SMILES string of the molecule is CCOc1ccc(CN(C)C(=O)c2ccc3c(c2)CCCN3S(C)(=O)=O)cc1. The molecule has 2 aromatic rings. The Hall–Kier alpha value is -2.54. The van der Waals surface area contributed by atoms with E-state index >= 15 is 0 Å². The molecule has 0 atom stereocenters. The second-order valence-electron chi connectivity index (χ2n) is 7.02. The Morgan fingerprint density at radius 3 is 2.54 bits per heavy atom. The number of anilines is 1. The Morgan fingerprint density at radius 1 is 1.18 bits per heavy atom. The zero-order chi connectivity index (χ0) is 20.3. The fourth-order valence-electron chi connectivity index (χ4n) is 3.46. The van der Waals surface area contributed by atoms with Crippen LogP contribution in [0, 0.1) is 0 Å². The van der Waals surface area contributed by atoms with E-state index in [0.717, 1.165) is 29.7 Å². The van der Waals surface area contributed by atoms with Crippen LogP contribution in [0.15, 0.2) is 42.5 Å². The third-order valence-electron chi connectivity index (χ3n) is 4.80. The molecule has 1 heterocycles. The Balaban J connectivity index is 1.75. The molecule has 28 heavy (non-hydrogen) atoms. The van der Waals surface area contributed by atoms with E-state index in [9.17, 15) is 13.2 Å². The highest BCUT2D eigenvalue weighted by Gasteiger charge is 2.25. The lowest BCUT2D eigenvalue weighted by molar-refractivity contribution is 0.0785. The molecule has 0 aromatic heterocycles. The summed E-state index contributed by atoms with van der Waals surface area (Å²) < 4.78 is 30.8. The van der Waals surface area contributed by atoms with E-state index in [1.165, 1.54) is 10.6 Å². The van der Waals surface area contributed by atoms with E-state index in [1.54, 1.807) is 24.1 Å². The summed E-state index contributed by atoms with van der Waals surface area (Å²) in [4.78, 5) is 14.5. The highest BCUT2D eigenvalue weighted by atomic mass is 32.2. The van der Waals surface area contributed by atoms with Gasteiger partial charge in [-0.25, -0.2) is 8.42 Å². The normalized spacial score (nSPS) is 13.8. The molecule has 0 saturated heterocycles. The van der Waals surface area contributed by atoms with Crippen LogP contribution in [0.4, 0.5) is 5.69 Å². The van der Waals surface area contributed by atoms with Crippen LogP contribution in [0.1, 0.15) is 34.8 Å². The molecule has 1 aliphatic rings. The average molecular weight is 403 g/mol. The fraction of sp³-hybridized carbons (Fsp3) is 0.381. The van der Waals surface area contributed by atoms with Gasteiger partial charge in [0.15, 0.2) is 0 Å². The maximum atomic E-state index is 12.9. The van der Waals surface area contributed by atoms with Crippen molar-refractivity contribution in [2.24, 2.45) is 0 Å². The van der Waals surface area contributed by atoms with Crippen LogP contribution in [0.5, 0.6) is 5.75 Å². The summed E-state index contributed by atoms with van der Waals surface area (Å²) in [6.07, 6.45) is 2.73. The number of nitrogens with zero attached hydrogens (tertiary/aromatic N) is 2. The van der Waals surface area contributed by atoms with Crippen LogP contribution in [0.25, 0.3) is 0 Å². The van der Waals surface area contributed by atoms with Gasteiger partial charge in [-0.2, -0.15) is 0 Å². The minimum Gasteiger partial charge on any atom is -0.494 e. The molecule has 0 fully saturated rings. The van der Waals surface area contributed by atoms with Crippen molar-refractivity contribution in [3.8, 4) is 5.75 Å². The standard InChI is InChI=1S/C21H26N2O4S/c1-4-27-19-10-7-16(8-11-19)15-22(2)21(24)18-9-12-20-17(14-18)6-5-13-23(20)28(3,25)26/h7-12,14H,4-6,13,15H2,1-3H3. The van der Waals surface area contributed by atoms with Crippen LogP contribution in [-0.4, -0.2) is 45.7 Å². The minimum atomic E-state index is -3.31. The number of sulfonamides is 1. The smallest absolute Gasteiger partial charge is 0.253 e. The van der Waals surface area contributed by atoms with Crippen molar-refractivity contribution in [2.75, 3.05) is 30.8 Å². The minimum absolute atomic E-state index is 0.0897. The molecule has 150 valence electrons. The molecular weight excluding hydrogens is 376 g/mol. The van der Waals surface area contributed by atoms with Crippen molar-refractivity contribution in [1.82, 2.24) is 4.90 Å². The summed E-state index contributed by atoms with van der Waals surface area (Å²) in [7, 11) is -1.54. The first kappa shape index (κ1) is 20.2.